The number of benzene rings is 3. The molecule has 146 valence electrons. The first kappa shape index (κ1) is 17.9. The van der Waals surface area contributed by atoms with Crippen molar-refractivity contribution < 1.29 is 9.59 Å². The van der Waals surface area contributed by atoms with Crippen molar-refractivity contribution in [2.45, 2.75) is 25.4 Å². The molecule has 0 radical (unpaired) electrons. The second-order valence-corrected chi connectivity index (χ2v) is 8.06. The lowest BCUT2D eigenvalue weighted by Crippen LogP contribution is -2.45. The number of carbonyl (C=O) groups is 2. The van der Waals surface area contributed by atoms with Crippen molar-refractivity contribution in [1.82, 2.24) is 15.1 Å². The van der Waals surface area contributed by atoms with Gasteiger partial charge in [-0.2, -0.15) is 0 Å². The van der Waals surface area contributed by atoms with Crippen molar-refractivity contribution in [3.8, 4) is 0 Å². The van der Waals surface area contributed by atoms with Crippen LogP contribution in [0.3, 0.4) is 0 Å². The Balaban J connectivity index is 1.39. The molecule has 2 heterocycles. The predicted molar refractivity (Wildman–Crippen MR) is 112 cm³/mol. The van der Waals surface area contributed by atoms with E-state index in [4.69, 9.17) is 0 Å². The Hall–Kier alpha value is -3.18. The van der Waals surface area contributed by atoms with Crippen LogP contribution in [-0.4, -0.2) is 35.0 Å². The summed E-state index contributed by atoms with van der Waals surface area (Å²) in [7, 11) is 0. The number of hydrogen-bond donors (Lipinski definition) is 1. The molecule has 2 aliphatic rings. The molecule has 0 bridgehead atoms. The van der Waals surface area contributed by atoms with Gasteiger partial charge >= 0.3 is 6.03 Å². The Kier molecular flexibility index (Phi) is 4.14. The highest BCUT2D eigenvalue weighted by Crippen LogP contribution is 2.31. The molecule has 2 aliphatic heterocycles. The smallest absolute Gasteiger partial charge is 0.319 e. The molecule has 3 aromatic carbocycles. The highest BCUT2D eigenvalue weighted by molar-refractivity contribution is 6.07. The zero-order valence-electron chi connectivity index (χ0n) is 16.4. The van der Waals surface area contributed by atoms with Gasteiger partial charge in [-0.25, -0.2) is 9.69 Å². The monoisotopic (exact) mass is 385 g/mol. The molecular weight excluding hydrogens is 362 g/mol. The fraction of sp³-hybridized carbons (Fsp3) is 0.250. The first-order chi connectivity index (χ1) is 14.0. The zero-order valence-corrected chi connectivity index (χ0v) is 16.4. The molecule has 5 nitrogen and oxygen atoms in total. The number of rotatable bonds is 3. The predicted octanol–water partition coefficient (Wildman–Crippen LogP) is 3.62. The lowest BCUT2D eigenvalue weighted by atomic mass is 9.90. The number of carbonyl (C=O) groups excluding carboxylic acids is 2. The first-order valence-corrected chi connectivity index (χ1v) is 9.97. The summed E-state index contributed by atoms with van der Waals surface area (Å²) in [4.78, 5) is 29.5. The second kappa shape index (κ2) is 6.71. The van der Waals surface area contributed by atoms with Gasteiger partial charge in [0.2, 0.25) is 0 Å². The van der Waals surface area contributed by atoms with Crippen molar-refractivity contribution in [3.63, 3.8) is 0 Å². The molecule has 0 aromatic heterocycles. The van der Waals surface area contributed by atoms with Crippen LogP contribution in [0.2, 0.25) is 0 Å². The van der Waals surface area contributed by atoms with E-state index in [0.717, 1.165) is 35.8 Å². The Labute approximate surface area is 169 Å². The molecule has 0 unspecified atom stereocenters. The van der Waals surface area contributed by atoms with Gasteiger partial charge in [0, 0.05) is 13.1 Å². The van der Waals surface area contributed by atoms with Crippen molar-refractivity contribution in [3.05, 3.63) is 83.4 Å². The quantitative estimate of drug-likeness (QED) is 0.701. The molecule has 3 amide bonds. The van der Waals surface area contributed by atoms with Gasteiger partial charge in [0.05, 0.1) is 6.67 Å². The highest BCUT2D eigenvalue weighted by Gasteiger charge is 2.49. The maximum atomic E-state index is 13.3. The lowest BCUT2D eigenvalue weighted by Gasteiger charge is -2.31. The summed E-state index contributed by atoms with van der Waals surface area (Å²) >= 11 is 0. The Bertz CT molecular complexity index is 1130. The number of urea groups is 1. The van der Waals surface area contributed by atoms with Crippen LogP contribution in [0.4, 0.5) is 4.79 Å². The summed E-state index contributed by atoms with van der Waals surface area (Å²) in [5.41, 5.74) is 2.38. The Morgan fingerprint density at radius 3 is 2.48 bits per heavy atom. The maximum absolute atomic E-state index is 13.3. The number of imide groups is 1. The summed E-state index contributed by atoms with van der Waals surface area (Å²) in [5.74, 6) is -0.198. The number of amides is 3. The molecule has 0 spiro atoms. The second-order valence-electron chi connectivity index (χ2n) is 8.06. The Morgan fingerprint density at radius 1 is 0.931 bits per heavy atom. The normalized spacial score (nSPS) is 22.0. The van der Waals surface area contributed by atoms with E-state index in [1.165, 1.54) is 16.0 Å². The SMILES string of the molecule is C[C@]1(c2ccc3ccccc3c2)NC(=O)N(CN2CCc3ccccc3C2)C1=O. The molecule has 1 saturated heterocycles. The van der Waals surface area contributed by atoms with Crippen molar-refractivity contribution in [1.29, 1.82) is 0 Å². The van der Waals surface area contributed by atoms with Gasteiger partial charge in [0.1, 0.15) is 5.54 Å². The van der Waals surface area contributed by atoms with Gasteiger partial charge in [-0.3, -0.25) is 9.69 Å². The summed E-state index contributed by atoms with van der Waals surface area (Å²) in [6, 6.07) is 22.0. The summed E-state index contributed by atoms with van der Waals surface area (Å²) in [5, 5.41) is 5.10. The van der Waals surface area contributed by atoms with Gasteiger partial charge in [0.15, 0.2) is 0 Å². The van der Waals surface area contributed by atoms with Crippen LogP contribution in [0.1, 0.15) is 23.6 Å². The van der Waals surface area contributed by atoms with E-state index in [2.05, 4.69) is 28.4 Å². The van der Waals surface area contributed by atoms with Gasteiger partial charge in [-0.05, 0) is 46.9 Å². The topological polar surface area (TPSA) is 52.7 Å². The van der Waals surface area contributed by atoms with E-state index in [9.17, 15) is 9.59 Å². The van der Waals surface area contributed by atoms with Crippen molar-refractivity contribution in [2.75, 3.05) is 13.2 Å². The molecule has 0 saturated carbocycles. The van der Waals surface area contributed by atoms with Gasteiger partial charge in [0.25, 0.3) is 5.91 Å². The average Bonchev–Trinajstić information content (AvgIpc) is 2.97. The molecule has 5 rings (SSSR count). The minimum absolute atomic E-state index is 0.198. The van der Waals surface area contributed by atoms with E-state index < -0.39 is 5.54 Å². The van der Waals surface area contributed by atoms with E-state index in [1.807, 2.05) is 48.5 Å². The first-order valence-electron chi connectivity index (χ1n) is 9.97. The number of nitrogens with zero attached hydrogens (tertiary/aromatic N) is 2. The summed E-state index contributed by atoms with van der Waals surface area (Å²) < 4.78 is 0. The van der Waals surface area contributed by atoms with Crippen molar-refractivity contribution in [2.24, 2.45) is 0 Å². The average molecular weight is 385 g/mol. The third-order valence-corrected chi connectivity index (χ3v) is 6.15. The maximum Gasteiger partial charge on any atom is 0.326 e. The van der Waals surface area contributed by atoms with Crippen LogP contribution < -0.4 is 5.32 Å². The van der Waals surface area contributed by atoms with Crippen LogP contribution in [-0.2, 0) is 23.3 Å². The van der Waals surface area contributed by atoms with Gasteiger partial charge in [-0.1, -0.05) is 60.7 Å². The molecule has 29 heavy (non-hydrogen) atoms. The number of fused-ring (bicyclic) bond motifs is 2. The van der Waals surface area contributed by atoms with Crippen LogP contribution >= 0.6 is 0 Å². The lowest BCUT2D eigenvalue weighted by molar-refractivity contribution is -0.132. The largest absolute Gasteiger partial charge is 0.326 e. The fourth-order valence-corrected chi connectivity index (χ4v) is 4.40. The van der Waals surface area contributed by atoms with Gasteiger partial charge in [-0.15, -0.1) is 0 Å². The molecular formula is C24H23N3O2. The fourth-order valence-electron chi connectivity index (χ4n) is 4.40. The minimum atomic E-state index is -1.05. The van der Waals surface area contributed by atoms with E-state index in [0.29, 0.717) is 6.67 Å². The zero-order chi connectivity index (χ0) is 20.0. The summed E-state index contributed by atoms with van der Waals surface area (Å²) in [6.45, 7) is 3.69. The third-order valence-electron chi connectivity index (χ3n) is 6.15. The third kappa shape index (κ3) is 2.98. The molecule has 3 aromatic rings. The van der Waals surface area contributed by atoms with Gasteiger partial charge < -0.3 is 5.32 Å². The summed E-state index contributed by atoms with van der Waals surface area (Å²) in [6.07, 6.45) is 0.932. The van der Waals surface area contributed by atoms with Crippen molar-refractivity contribution >= 4 is 22.7 Å². The molecule has 0 aliphatic carbocycles. The standard InChI is InChI=1S/C24H23N3O2/c1-24(21-11-10-17-6-2-4-8-19(17)14-21)22(28)27(23(29)25-24)16-26-13-12-18-7-3-5-9-20(18)15-26/h2-11,14H,12-13,15-16H2,1H3,(H,25,29)/t24-/m1/s1. The van der Waals surface area contributed by atoms with Crippen LogP contribution in [0.25, 0.3) is 10.8 Å². The van der Waals surface area contributed by atoms with E-state index in [-0.39, 0.29) is 11.9 Å². The number of nitrogens with one attached hydrogen (secondary N) is 1. The van der Waals surface area contributed by atoms with Crippen LogP contribution in [0, 0.1) is 0 Å². The number of hydrogen-bond acceptors (Lipinski definition) is 3. The highest BCUT2D eigenvalue weighted by atomic mass is 16.2. The van der Waals surface area contributed by atoms with Crippen LogP contribution in [0.5, 0.6) is 0 Å². The molecule has 1 N–H and O–H groups in total. The molecule has 1 atom stereocenters. The van der Waals surface area contributed by atoms with E-state index in [1.54, 1.807) is 6.92 Å². The Morgan fingerprint density at radius 2 is 1.66 bits per heavy atom. The minimum Gasteiger partial charge on any atom is -0.319 e. The van der Waals surface area contributed by atoms with E-state index >= 15 is 0 Å². The molecule has 1 fully saturated rings. The van der Waals surface area contributed by atoms with Crippen LogP contribution in [0.15, 0.2) is 66.7 Å². The molecule has 5 heteroatoms.